The maximum atomic E-state index is 10.1. The van der Waals surface area contributed by atoms with Crippen LogP contribution in [0.2, 0.25) is 0 Å². The zero-order valence-corrected chi connectivity index (χ0v) is 22.7. The number of rotatable bonds is 28. The molecule has 0 rings (SSSR count). The molecule has 0 aromatic carbocycles. The minimum absolute atomic E-state index is 0.825. The number of carbonyl (C=O) groups excluding carboxylic acids is 1. The second-order valence-electron chi connectivity index (χ2n) is 10.2. The van der Waals surface area contributed by atoms with Gasteiger partial charge in [-0.3, -0.25) is 4.79 Å². The molecule has 1 nitrogen and oxygen atoms in total. The fraction of sp³-hybridized carbons (Fsp3) is 0.844. The molecule has 0 heterocycles. The summed E-state index contributed by atoms with van der Waals surface area (Å²) in [6, 6.07) is 0. The third-order valence-corrected chi connectivity index (χ3v) is 6.91. The molecule has 0 saturated heterocycles. The van der Waals surface area contributed by atoms with E-state index < -0.39 is 0 Å². The van der Waals surface area contributed by atoms with Gasteiger partial charge in [0.05, 0.1) is 0 Å². The third-order valence-electron chi connectivity index (χ3n) is 6.91. The maximum Gasteiger partial charge on any atom is 0.142 e. The van der Waals surface area contributed by atoms with Crippen molar-refractivity contribution in [3.63, 3.8) is 0 Å². The second-order valence-corrected chi connectivity index (χ2v) is 10.2. The first kappa shape index (κ1) is 32.1. The van der Waals surface area contributed by atoms with E-state index in [-0.39, 0.29) is 0 Å². The van der Waals surface area contributed by atoms with Crippen molar-refractivity contribution in [1.29, 1.82) is 0 Å². The van der Waals surface area contributed by atoms with Crippen LogP contribution in [0.25, 0.3) is 0 Å². The van der Waals surface area contributed by atoms with Crippen molar-refractivity contribution in [1.82, 2.24) is 0 Å². The first-order valence-electron chi connectivity index (χ1n) is 15.2. The third kappa shape index (κ3) is 31.1. The van der Waals surface area contributed by atoms with E-state index in [2.05, 4.69) is 13.0 Å². The van der Waals surface area contributed by atoms with E-state index >= 15 is 0 Å². The minimum Gasteiger partial charge on any atom is -0.299 e. The zero-order valence-electron chi connectivity index (χ0n) is 22.7. The molecule has 0 amide bonds. The second kappa shape index (κ2) is 31.1. The van der Waals surface area contributed by atoms with E-state index in [0.717, 1.165) is 12.7 Å². The lowest BCUT2D eigenvalue weighted by Gasteiger charge is -2.04. The minimum atomic E-state index is 0.825. The SMILES string of the molecule is CCCCCCCCCCCCCCCCCCCCCCCCCCC/C=C/C=C/C=O. The Morgan fingerprint density at radius 3 is 0.970 bits per heavy atom. The Hall–Kier alpha value is -0.850. The van der Waals surface area contributed by atoms with Gasteiger partial charge in [-0.25, -0.2) is 0 Å². The number of aldehydes is 1. The summed E-state index contributed by atoms with van der Waals surface area (Å²) in [6.45, 7) is 2.30. The summed E-state index contributed by atoms with van der Waals surface area (Å²) in [7, 11) is 0. The Morgan fingerprint density at radius 2 is 0.667 bits per heavy atom. The van der Waals surface area contributed by atoms with E-state index in [1.165, 1.54) is 167 Å². The number of unbranched alkanes of at least 4 members (excludes halogenated alkanes) is 25. The average molecular weight is 461 g/mol. The highest BCUT2D eigenvalue weighted by molar-refractivity contribution is 5.65. The van der Waals surface area contributed by atoms with Crippen LogP contribution in [0.3, 0.4) is 0 Å². The molecule has 33 heavy (non-hydrogen) atoms. The highest BCUT2D eigenvalue weighted by Crippen LogP contribution is 2.16. The summed E-state index contributed by atoms with van der Waals surface area (Å²) in [5.74, 6) is 0. The van der Waals surface area contributed by atoms with Gasteiger partial charge in [0.1, 0.15) is 6.29 Å². The number of hydrogen-bond acceptors (Lipinski definition) is 1. The summed E-state index contributed by atoms with van der Waals surface area (Å²) in [5.41, 5.74) is 0. The van der Waals surface area contributed by atoms with Crippen LogP contribution >= 0.6 is 0 Å². The first-order valence-corrected chi connectivity index (χ1v) is 15.2. The van der Waals surface area contributed by atoms with Crippen LogP contribution in [-0.4, -0.2) is 6.29 Å². The van der Waals surface area contributed by atoms with Crippen LogP contribution in [0, 0.1) is 0 Å². The van der Waals surface area contributed by atoms with E-state index in [1.54, 1.807) is 0 Å². The van der Waals surface area contributed by atoms with Crippen LogP contribution in [0.5, 0.6) is 0 Å². The van der Waals surface area contributed by atoms with Gasteiger partial charge in [-0.05, 0) is 18.9 Å². The van der Waals surface area contributed by atoms with Crippen LogP contribution in [0.4, 0.5) is 0 Å². The van der Waals surface area contributed by atoms with Crippen molar-refractivity contribution in [2.75, 3.05) is 0 Å². The Bertz CT molecular complexity index is 409. The Balaban J connectivity index is 3.04. The lowest BCUT2D eigenvalue weighted by Crippen LogP contribution is -1.84. The fourth-order valence-electron chi connectivity index (χ4n) is 4.69. The number of hydrogen-bond donors (Lipinski definition) is 0. The Kier molecular flexibility index (Phi) is 30.3. The predicted molar refractivity (Wildman–Crippen MR) is 150 cm³/mol. The van der Waals surface area contributed by atoms with Gasteiger partial charge in [0, 0.05) is 0 Å². The lowest BCUT2D eigenvalue weighted by atomic mass is 10.0. The average Bonchev–Trinajstić information content (AvgIpc) is 2.83. The van der Waals surface area contributed by atoms with Gasteiger partial charge in [0.2, 0.25) is 0 Å². The quantitative estimate of drug-likeness (QED) is 0.0491. The molecule has 0 spiro atoms. The smallest absolute Gasteiger partial charge is 0.142 e. The molecule has 0 radical (unpaired) electrons. The van der Waals surface area contributed by atoms with Crippen LogP contribution < -0.4 is 0 Å². The Labute approximate surface area is 209 Å². The molecule has 0 saturated carbocycles. The molecule has 0 aliphatic rings. The Morgan fingerprint density at radius 1 is 0.364 bits per heavy atom. The van der Waals surface area contributed by atoms with Crippen molar-refractivity contribution in [2.24, 2.45) is 0 Å². The highest BCUT2D eigenvalue weighted by Gasteiger charge is 1.96. The molecule has 0 bridgehead atoms. The van der Waals surface area contributed by atoms with Crippen LogP contribution in [0.15, 0.2) is 24.3 Å². The molecule has 1 heteroatoms. The molecule has 0 aliphatic carbocycles. The van der Waals surface area contributed by atoms with Crippen molar-refractivity contribution in [2.45, 2.75) is 174 Å². The standard InChI is InChI=1S/C32H60O/c1-2-3-4-5-6-7-8-9-10-11-12-13-14-15-16-17-18-19-20-21-22-23-24-25-26-27-28-29-30-31-32-33/h28-32H,2-27H2,1H3/b29-28+,31-30+. The van der Waals surface area contributed by atoms with Gasteiger partial charge in [-0.1, -0.05) is 179 Å². The van der Waals surface area contributed by atoms with Crippen molar-refractivity contribution >= 4 is 6.29 Å². The van der Waals surface area contributed by atoms with Crippen LogP contribution in [-0.2, 0) is 4.79 Å². The molecule has 0 N–H and O–H groups in total. The summed E-state index contributed by atoms with van der Waals surface area (Å²) in [5, 5.41) is 0. The largest absolute Gasteiger partial charge is 0.299 e. The van der Waals surface area contributed by atoms with Gasteiger partial charge in [0.15, 0.2) is 0 Å². The van der Waals surface area contributed by atoms with E-state index in [4.69, 9.17) is 0 Å². The molecule has 0 atom stereocenters. The topological polar surface area (TPSA) is 17.1 Å². The molecular weight excluding hydrogens is 400 g/mol. The van der Waals surface area contributed by atoms with Gasteiger partial charge in [-0.2, -0.15) is 0 Å². The number of allylic oxidation sites excluding steroid dienone is 4. The molecule has 0 unspecified atom stereocenters. The molecular formula is C32H60O. The van der Waals surface area contributed by atoms with E-state index in [9.17, 15) is 4.79 Å². The normalized spacial score (nSPS) is 11.8. The number of carbonyl (C=O) groups is 1. The first-order chi connectivity index (χ1) is 16.4. The fourth-order valence-corrected chi connectivity index (χ4v) is 4.69. The van der Waals surface area contributed by atoms with Crippen LogP contribution in [0.1, 0.15) is 174 Å². The molecule has 0 fully saturated rings. The van der Waals surface area contributed by atoms with Gasteiger partial charge < -0.3 is 0 Å². The van der Waals surface area contributed by atoms with E-state index in [0.29, 0.717) is 0 Å². The van der Waals surface area contributed by atoms with Gasteiger partial charge >= 0.3 is 0 Å². The monoisotopic (exact) mass is 460 g/mol. The van der Waals surface area contributed by atoms with E-state index in [1.807, 2.05) is 12.2 Å². The molecule has 194 valence electrons. The summed E-state index contributed by atoms with van der Waals surface area (Å²) < 4.78 is 0. The summed E-state index contributed by atoms with van der Waals surface area (Å²) >= 11 is 0. The lowest BCUT2D eigenvalue weighted by molar-refractivity contribution is -0.104. The van der Waals surface area contributed by atoms with Crippen molar-refractivity contribution < 1.29 is 4.79 Å². The molecule has 0 aromatic rings. The molecule has 0 aromatic heterocycles. The highest BCUT2D eigenvalue weighted by atomic mass is 16.1. The van der Waals surface area contributed by atoms with Gasteiger partial charge in [-0.15, -0.1) is 0 Å². The van der Waals surface area contributed by atoms with Gasteiger partial charge in [0.25, 0.3) is 0 Å². The summed E-state index contributed by atoms with van der Waals surface area (Å²) in [4.78, 5) is 10.1. The zero-order chi connectivity index (χ0) is 23.9. The van der Waals surface area contributed by atoms with Crippen molar-refractivity contribution in [3.8, 4) is 0 Å². The maximum absolute atomic E-state index is 10.1. The summed E-state index contributed by atoms with van der Waals surface area (Å²) in [6.07, 6.45) is 45.6. The molecule has 0 aliphatic heterocycles. The van der Waals surface area contributed by atoms with Crippen molar-refractivity contribution in [3.05, 3.63) is 24.3 Å². The predicted octanol–water partition coefficient (Wildman–Crippen LogP) is 11.5.